The lowest BCUT2D eigenvalue weighted by Gasteiger charge is -2.27. The van der Waals surface area contributed by atoms with Gasteiger partial charge < -0.3 is 19.2 Å². The van der Waals surface area contributed by atoms with E-state index in [1.54, 1.807) is 6.26 Å². The summed E-state index contributed by atoms with van der Waals surface area (Å²) in [7, 11) is 0. The Morgan fingerprint density at radius 3 is 2.38 bits per heavy atom. The maximum absolute atomic E-state index is 12.5. The molecule has 1 N–H and O–H groups in total. The van der Waals surface area contributed by atoms with Gasteiger partial charge in [-0.15, -0.1) is 0 Å². The van der Waals surface area contributed by atoms with Crippen molar-refractivity contribution in [2.45, 2.75) is 25.8 Å². The average molecular weight is 566 g/mol. The number of ether oxygens (including phenoxy) is 1. The molecule has 1 saturated heterocycles. The summed E-state index contributed by atoms with van der Waals surface area (Å²) in [6.07, 6.45) is 4.49. The molecular formula is C33H35N5O4. The molecule has 0 aliphatic carbocycles. The lowest BCUT2D eigenvalue weighted by Crippen LogP contribution is -2.39. The molecule has 2 aromatic carbocycles. The number of imidazole rings is 1. The first-order valence-electron chi connectivity index (χ1n) is 14.4. The number of rotatable bonds is 11. The first-order valence-corrected chi connectivity index (χ1v) is 14.4. The van der Waals surface area contributed by atoms with Crippen LogP contribution < -0.4 is 0 Å². The Bertz CT molecular complexity index is 1600. The molecule has 42 heavy (non-hydrogen) atoms. The van der Waals surface area contributed by atoms with Crippen molar-refractivity contribution in [3.8, 4) is 11.3 Å². The van der Waals surface area contributed by atoms with Crippen molar-refractivity contribution in [2.75, 3.05) is 39.4 Å². The highest BCUT2D eigenvalue weighted by atomic mass is 16.5. The summed E-state index contributed by atoms with van der Waals surface area (Å²) in [6, 6.07) is 24.0. The number of fused-ring (bicyclic) bond motifs is 1. The SMILES string of the molecule is O=C(O)N(CCCN1CCOCC1)Cc1c(Cc2ccco2)nc2c(Cc3ccccc3)nc(-c3ccccc3)cn12. The predicted octanol–water partition coefficient (Wildman–Crippen LogP) is 5.37. The Labute approximate surface area is 245 Å². The van der Waals surface area contributed by atoms with Crippen LogP contribution >= 0.6 is 0 Å². The Hall–Kier alpha value is -4.47. The largest absolute Gasteiger partial charge is 0.469 e. The molecule has 5 aromatic rings. The molecule has 0 spiro atoms. The van der Waals surface area contributed by atoms with Crippen molar-refractivity contribution >= 4 is 11.7 Å². The number of carboxylic acid groups (broad SMARTS) is 1. The van der Waals surface area contributed by atoms with Gasteiger partial charge in [0.2, 0.25) is 0 Å². The molecule has 1 fully saturated rings. The Kier molecular flexibility index (Phi) is 8.58. The number of nitrogens with zero attached hydrogens (tertiary/aromatic N) is 5. The van der Waals surface area contributed by atoms with E-state index in [0.29, 0.717) is 19.4 Å². The van der Waals surface area contributed by atoms with Gasteiger partial charge in [0.25, 0.3) is 0 Å². The molecule has 9 nitrogen and oxygen atoms in total. The van der Waals surface area contributed by atoms with E-state index in [0.717, 1.165) is 84.6 Å². The van der Waals surface area contributed by atoms with E-state index in [4.69, 9.17) is 19.1 Å². The van der Waals surface area contributed by atoms with Crippen molar-refractivity contribution in [3.63, 3.8) is 0 Å². The number of benzene rings is 2. The lowest BCUT2D eigenvalue weighted by atomic mass is 10.1. The van der Waals surface area contributed by atoms with Crippen molar-refractivity contribution in [1.29, 1.82) is 0 Å². The summed E-state index contributed by atoms with van der Waals surface area (Å²) in [5, 5.41) is 10.2. The van der Waals surface area contributed by atoms with Crippen molar-refractivity contribution in [2.24, 2.45) is 0 Å². The van der Waals surface area contributed by atoms with E-state index < -0.39 is 6.09 Å². The highest BCUT2D eigenvalue weighted by molar-refractivity contribution is 5.66. The third-order valence-electron chi connectivity index (χ3n) is 7.68. The first-order chi connectivity index (χ1) is 20.6. The number of carbonyl (C=O) groups is 1. The summed E-state index contributed by atoms with van der Waals surface area (Å²) in [4.78, 5) is 26.5. The molecule has 0 unspecified atom stereocenters. The highest BCUT2D eigenvalue weighted by Crippen LogP contribution is 2.26. The maximum atomic E-state index is 12.5. The fourth-order valence-electron chi connectivity index (χ4n) is 5.48. The van der Waals surface area contributed by atoms with Crippen LogP contribution in [-0.4, -0.2) is 74.8 Å². The second-order valence-corrected chi connectivity index (χ2v) is 10.6. The number of hydrogen-bond donors (Lipinski definition) is 1. The third-order valence-corrected chi connectivity index (χ3v) is 7.68. The fourth-order valence-corrected chi connectivity index (χ4v) is 5.48. The van der Waals surface area contributed by atoms with Crippen LogP contribution in [0, 0.1) is 0 Å². The van der Waals surface area contributed by atoms with E-state index in [-0.39, 0.29) is 6.54 Å². The quantitative estimate of drug-likeness (QED) is 0.230. The third kappa shape index (κ3) is 6.53. The van der Waals surface area contributed by atoms with Gasteiger partial charge in [-0.1, -0.05) is 60.7 Å². The molecule has 0 saturated carbocycles. The lowest BCUT2D eigenvalue weighted by molar-refractivity contribution is 0.0360. The van der Waals surface area contributed by atoms with E-state index in [1.807, 2.05) is 71.3 Å². The topological polar surface area (TPSA) is 96.3 Å². The second-order valence-electron chi connectivity index (χ2n) is 10.6. The van der Waals surface area contributed by atoms with E-state index >= 15 is 0 Å². The normalized spacial score (nSPS) is 13.9. The number of amides is 1. The molecule has 216 valence electrons. The van der Waals surface area contributed by atoms with Gasteiger partial charge in [-0.25, -0.2) is 14.8 Å². The van der Waals surface area contributed by atoms with Crippen molar-refractivity contribution in [1.82, 2.24) is 24.2 Å². The Balaban J connectivity index is 1.40. The molecule has 3 aromatic heterocycles. The van der Waals surface area contributed by atoms with E-state index in [1.165, 1.54) is 4.90 Å². The minimum atomic E-state index is -0.947. The predicted molar refractivity (Wildman–Crippen MR) is 159 cm³/mol. The van der Waals surface area contributed by atoms with Crippen LogP contribution in [0.15, 0.2) is 89.7 Å². The minimum absolute atomic E-state index is 0.207. The number of hydrogen-bond acceptors (Lipinski definition) is 6. The van der Waals surface area contributed by atoms with Gasteiger partial charge in [0, 0.05) is 44.4 Å². The number of aromatic nitrogens is 3. The van der Waals surface area contributed by atoms with Crippen LogP contribution in [0.4, 0.5) is 4.79 Å². The van der Waals surface area contributed by atoms with Crippen LogP contribution in [0.3, 0.4) is 0 Å². The van der Waals surface area contributed by atoms with Gasteiger partial charge in [-0.2, -0.15) is 0 Å². The summed E-state index contributed by atoms with van der Waals surface area (Å²) < 4.78 is 13.2. The van der Waals surface area contributed by atoms with Crippen LogP contribution in [-0.2, 0) is 24.1 Å². The summed E-state index contributed by atoms with van der Waals surface area (Å²) >= 11 is 0. The standard InChI is InChI=1S/C33H35N5O4/c39-33(40)37(15-8-14-36-16-19-41-20-17-36)24-31-28(22-27-13-7-18-42-27)35-32-29(21-25-9-3-1-4-10-25)34-30(23-38(31)32)26-11-5-2-6-12-26/h1-7,9-13,18,23H,8,14-17,19-22,24H2,(H,39,40). The highest BCUT2D eigenvalue weighted by Gasteiger charge is 2.23. The molecular weight excluding hydrogens is 530 g/mol. The monoisotopic (exact) mass is 565 g/mol. The molecule has 0 bridgehead atoms. The minimum Gasteiger partial charge on any atom is -0.469 e. The Morgan fingerprint density at radius 2 is 1.67 bits per heavy atom. The Morgan fingerprint density at radius 1 is 0.905 bits per heavy atom. The molecule has 1 amide bonds. The van der Waals surface area contributed by atoms with E-state index in [2.05, 4.69) is 17.0 Å². The zero-order valence-corrected chi connectivity index (χ0v) is 23.6. The second kappa shape index (κ2) is 13.0. The molecule has 4 heterocycles. The molecule has 0 radical (unpaired) electrons. The number of furan rings is 1. The van der Waals surface area contributed by atoms with Crippen molar-refractivity contribution < 1.29 is 19.1 Å². The molecule has 0 atom stereocenters. The first kappa shape index (κ1) is 27.7. The zero-order chi connectivity index (χ0) is 28.7. The summed E-state index contributed by atoms with van der Waals surface area (Å²) in [5.74, 6) is 0.773. The van der Waals surface area contributed by atoms with Crippen LogP contribution in [0.1, 0.15) is 34.8 Å². The van der Waals surface area contributed by atoms with Gasteiger partial charge in [0.1, 0.15) is 5.76 Å². The van der Waals surface area contributed by atoms with Gasteiger partial charge in [-0.05, 0) is 24.1 Å². The van der Waals surface area contributed by atoms with Gasteiger partial charge >= 0.3 is 6.09 Å². The van der Waals surface area contributed by atoms with E-state index in [9.17, 15) is 9.90 Å². The average Bonchev–Trinajstić information content (AvgIpc) is 3.66. The van der Waals surface area contributed by atoms with Crippen molar-refractivity contribution in [3.05, 3.63) is 114 Å². The zero-order valence-electron chi connectivity index (χ0n) is 23.6. The molecule has 1 aliphatic rings. The van der Waals surface area contributed by atoms with Gasteiger partial charge in [0.15, 0.2) is 5.65 Å². The number of morpholine rings is 1. The molecule has 6 rings (SSSR count). The summed E-state index contributed by atoms with van der Waals surface area (Å²) in [5.41, 5.74) is 6.10. The smallest absolute Gasteiger partial charge is 0.407 e. The van der Waals surface area contributed by atoms with Crippen LogP contribution in [0.25, 0.3) is 16.9 Å². The van der Waals surface area contributed by atoms with Crippen LogP contribution in [0.2, 0.25) is 0 Å². The van der Waals surface area contributed by atoms with Crippen LogP contribution in [0.5, 0.6) is 0 Å². The molecule has 1 aliphatic heterocycles. The maximum Gasteiger partial charge on any atom is 0.407 e. The molecule has 9 heteroatoms. The fraction of sp³-hybridized carbons (Fsp3) is 0.303. The van der Waals surface area contributed by atoms with Gasteiger partial charge in [-0.3, -0.25) is 9.30 Å². The summed E-state index contributed by atoms with van der Waals surface area (Å²) in [6.45, 7) is 4.68. The van der Waals surface area contributed by atoms with Gasteiger partial charge in [0.05, 0.1) is 55.2 Å².